The number of carbonyl (C=O) groups is 2. The Morgan fingerprint density at radius 2 is 1.73 bits per heavy atom. The van der Waals surface area contributed by atoms with Gasteiger partial charge in [0, 0.05) is 12.1 Å². The molecular weight excluding hydrogens is 282 g/mol. The minimum absolute atomic E-state index is 0.0802. The number of hydrogen-bond acceptors (Lipinski definition) is 4. The summed E-state index contributed by atoms with van der Waals surface area (Å²) < 4.78 is 5.28. The van der Waals surface area contributed by atoms with E-state index in [0.29, 0.717) is 5.56 Å². The van der Waals surface area contributed by atoms with Crippen molar-refractivity contribution in [2.24, 2.45) is 0 Å². The minimum atomic E-state index is -0.815. The van der Waals surface area contributed by atoms with Gasteiger partial charge in [0.2, 0.25) is 0 Å². The number of esters is 1. The number of ether oxygens (including phenoxy) is 1. The summed E-state index contributed by atoms with van der Waals surface area (Å²) in [6.07, 6.45) is 2.27. The number of rotatable bonds is 3. The predicted molar refractivity (Wildman–Crippen MR) is 82.6 cm³/mol. The summed E-state index contributed by atoms with van der Waals surface area (Å²) in [6.45, 7) is 5.67. The Labute approximate surface area is 130 Å². The Morgan fingerprint density at radius 1 is 1.18 bits per heavy atom. The van der Waals surface area contributed by atoms with E-state index >= 15 is 0 Å². The molecule has 1 aromatic rings. The Kier molecular flexibility index (Phi) is 5.06. The SMILES string of the molecule is C[C@@H](OC(=O)c1ccc(O)cc1)C(=O)N1[C@@H](C)CCC[C@@H]1C. The molecule has 1 amide bonds. The van der Waals surface area contributed by atoms with Crippen molar-refractivity contribution in [3.8, 4) is 5.75 Å². The summed E-state index contributed by atoms with van der Waals surface area (Å²) in [7, 11) is 0. The Hall–Kier alpha value is -2.04. The second kappa shape index (κ2) is 6.81. The van der Waals surface area contributed by atoms with Crippen LogP contribution in [0.1, 0.15) is 50.4 Å². The third-order valence-corrected chi connectivity index (χ3v) is 4.18. The molecule has 0 saturated carbocycles. The lowest BCUT2D eigenvalue weighted by Gasteiger charge is -2.40. The zero-order valence-electron chi connectivity index (χ0n) is 13.3. The van der Waals surface area contributed by atoms with Gasteiger partial charge >= 0.3 is 5.97 Å². The predicted octanol–water partition coefficient (Wildman–Crippen LogP) is 2.73. The molecule has 0 unspecified atom stereocenters. The van der Waals surface area contributed by atoms with Crippen molar-refractivity contribution in [1.82, 2.24) is 4.90 Å². The number of aromatic hydroxyl groups is 1. The van der Waals surface area contributed by atoms with Gasteiger partial charge in [0.05, 0.1) is 5.56 Å². The first-order chi connectivity index (χ1) is 10.4. The minimum Gasteiger partial charge on any atom is -0.508 e. The Morgan fingerprint density at radius 3 is 2.27 bits per heavy atom. The van der Waals surface area contributed by atoms with E-state index in [1.807, 2.05) is 18.7 Å². The van der Waals surface area contributed by atoms with Crippen molar-refractivity contribution < 1.29 is 19.4 Å². The third-order valence-electron chi connectivity index (χ3n) is 4.18. The van der Waals surface area contributed by atoms with Crippen LogP contribution in [0.2, 0.25) is 0 Å². The third kappa shape index (κ3) is 3.59. The molecule has 1 N–H and O–H groups in total. The van der Waals surface area contributed by atoms with Crippen LogP contribution in [-0.4, -0.2) is 40.1 Å². The molecule has 120 valence electrons. The highest BCUT2D eigenvalue weighted by atomic mass is 16.5. The van der Waals surface area contributed by atoms with E-state index in [4.69, 9.17) is 4.74 Å². The molecule has 3 atom stereocenters. The lowest BCUT2D eigenvalue weighted by molar-refractivity contribution is -0.146. The smallest absolute Gasteiger partial charge is 0.338 e. The molecule has 1 saturated heterocycles. The maximum atomic E-state index is 12.5. The van der Waals surface area contributed by atoms with Crippen LogP contribution in [0.3, 0.4) is 0 Å². The molecule has 22 heavy (non-hydrogen) atoms. The van der Waals surface area contributed by atoms with Gasteiger partial charge in [0.1, 0.15) is 5.75 Å². The highest BCUT2D eigenvalue weighted by Crippen LogP contribution is 2.24. The van der Waals surface area contributed by atoms with Crippen LogP contribution in [0.25, 0.3) is 0 Å². The van der Waals surface area contributed by atoms with Crippen molar-refractivity contribution in [2.45, 2.75) is 58.2 Å². The first kappa shape index (κ1) is 16.3. The molecule has 5 nitrogen and oxygen atoms in total. The topological polar surface area (TPSA) is 66.8 Å². The monoisotopic (exact) mass is 305 g/mol. The number of carbonyl (C=O) groups excluding carboxylic acids is 2. The Balaban J connectivity index is 2.01. The number of phenolic OH excluding ortho intramolecular Hbond substituents is 1. The fraction of sp³-hybridized carbons (Fsp3) is 0.529. The van der Waals surface area contributed by atoms with Crippen molar-refractivity contribution in [3.05, 3.63) is 29.8 Å². The van der Waals surface area contributed by atoms with Crippen molar-refractivity contribution in [2.75, 3.05) is 0 Å². The van der Waals surface area contributed by atoms with E-state index in [-0.39, 0.29) is 23.7 Å². The second-order valence-corrected chi connectivity index (χ2v) is 5.97. The summed E-state index contributed by atoms with van der Waals surface area (Å²) in [5.74, 6) is -0.623. The van der Waals surface area contributed by atoms with E-state index in [9.17, 15) is 14.7 Å². The van der Waals surface area contributed by atoms with E-state index in [2.05, 4.69) is 0 Å². The van der Waals surface area contributed by atoms with Gasteiger partial charge in [-0.05, 0) is 64.3 Å². The number of amides is 1. The lowest BCUT2D eigenvalue weighted by atomic mass is 9.97. The van der Waals surface area contributed by atoms with Crippen molar-refractivity contribution in [1.29, 1.82) is 0 Å². The number of nitrogens with zero attached hydrogens (tertiary/aromatic N) is 1. The normalized spacial score (nSPS) is 23.0. The fourth-order valence-electron chi connectivity index (χ4n) is 2.94. The summed E-state index contributed by atoms with van der Waals surface area (Å²) in [5, 5.41) is 9.22. The maximum Gasteiger partial charge on any atom is 0.338 e. The molecule has 1 aliphatic rings. The zero-order valence-corrected chi connectivity index (χ0v) is 13.3. The van der Waals surface area contributed by atoms with Crippen LogP contribution >= 0.6 is 0 Å². The summed E-state index contributed by atoms with van der Waals surface area (Å²) in [6, 6.07) is 6.12. The highest BCUT2D eigenvalue weighted by Gasteiger charge is 2.33. The number of benzene rings is 1. The number of piperidine rings is 1. The second-order valence-electron chi connectivity index (χ2n) is 5.97. The van der Waals surface area contributed by atoms with Gasteiger partial charge in [0.25, 0.3) is 5.91 Å². The molecular formula is C17H23NO4. The van der Waals surface area contributed by atoms with Crippen molar-refractivity contribution >= 4 is 11.9 Å². The van der Waals surface area contributed by atoms with Crippen LogP contribution in [0.5, 0.6) is 5.75 Å². The number of likely N-dealkylation sites (tertiary alicyclic amines) is 1. The summed E-state index contributed by atoms with van der Waals surface area (Å²) in [5.41, 5.74) is 0.317. The van der Waals surface area contributed by atoms with Crippen LogP contribution in [-0.2, 0) is 9.53 Å². The molecule has 2 rings (SSSR count). The zero-order chi connectivity index (χ0) is 16.3. The first-order valence-electron chi connectivity index (χ1n) is 7.72. The van der Waals surface area contributed by atoms with Crippen LogP contribution in [0.4, 0.5) is 0 Å². The van der Waals surface area contributed by atoms with Gasteiger partial charge in [-0.25, -0.2) is 4.79 Å². The molecule has 5 heteroatoms. The van der Waals surface area contributed by atoms with Crippen LogP contribution in [0.15, 0.2) is 24.3 Å². The van der Waals surface area contributed by atoms with Crippen LogP contribution < -0.4 is 0 Å². The van der Waals surface area contributed by atoms with E-state index in [1.165, 1.54) is 24.3 Å². The van der Waals surface area contributed by atoms with Gasteiger partial charge < -0.3 is 14.7 Å². The van der Waals surface area contributed by atoms with E-state index in [1.54, 1.807) is 6.92 Å². The van der Waals surface area contributed by atoms with E-state index < -0.39 is 12.1 Å². The van der Waals surface area contributed by atoms with E-state index in [0.717, 1.165) is 19.3 Å². The van der Waals surface area contributed by atoms with Crippen molar-refractivity contribution in [3.63, 3.8) is 0 Å². The van der Waals surface area contributed by atoms with Gasteiger partial charge in [0.15, 0.2) is 6.10 Å². The maximum absolute atomic E-state index is 12.5. The summed E-state index contributed by atoms with van der Waals surface area (Å²) >= 11 is 0. The highest BCUT2D eigenvalue weighted by molar-refractivity contribution is 5.92. The largest absolute Gasteiger partial charge is 0.508 e. The van der Waals surface area contributed by atoms with Gasteiger partial charge in [-0.15, -0.1) is 0 Å². The average Bonchev–Trinajstić information content (AvgIpc) is 2.47. The molecule has 0 radical (unpaired) electrons. The lowest BCUT2D eigenvalue weighted by Crippen LogP contribution is -2.51. The molecule has 1 heterocycles. The molecule has 1 aliphatic heterocycles. The number of hydrogen-bond donors (Lipinski definition) is 1. The first-order valence-corrected chi connectivity index (χ1v) is 7.72. The number of phenols is 1. The molecule has 0 aromatic heterocycles. The molecule has 0 spiro atoms. The average molecular weight is 305 g/mol. The Bertz CT molecular complexity index is 530. The summed E-state index contributed by atoms with van der Waals surface area (Å²) in [4.78, 5) is 26.4. The fourth-order valence-corrected chi connectivity index (χ4v) is 2.94. The van der Waals surface area contributed by atoms with Gasteiger partial charge in [-0.1, -0.05) is 0 Å². The quantitative estimate of drug-likeness (QED) is 0.872. The molecule has 1 aromatic carbocycles. The molecule has 1 fully saturated rings. The molecule has 0 aliphatic carbocycles. The van der Waals surface area contributed by atoms with Crippen LogP contribution in [0, 0.1) is 0 Å². The van der Waals surface area contributed by atoms with Gasteiger partial charge in [-0.2, -0.15) is 0 Å². The molecule has 0 bridgehead atoms. The van der Waals surface area contributed by atoms with Gasteiger partial charge in [-0.3, -0.25) is 4.79 Å². The standard InChI is InChI=1S/C17H23NO4/c1-11-5-4-6-12(2)18(11)16(20)13(3)22-17(21)14-7-9-15(19)10-8-14/h7-13,19H,4-6H2,1-3H3/t11-,12-,13+/m0/s1.